The number of amides is 2. The highest BCUT2D eigenvalue weighted by Crippen LogP contribution is 2.26. The van der Waals surface area contributed by atoms with Gasteiger partial charge in [0.1, 0.15) is 11.6 Å². The van der Waals surface area contributed by atoms with Crippen molar-refractivity contribution in [1.82, 2.24) is 10.4 Å². The highest BCUT2D eigenvalue weighted by Gasteiger charge is 2.32. The number of carbonyl (C=O) groups is 1. The highest BCUT2D eigenvalue weighted by molar-refractivity contribution is 5.97. The van der Waals surface area contributed by atoms with Crippen LogP contribution in [0, 0.1) is 0 Å². The van der Waals surface area contributed by atoms with E-state index in [1.165, 1.54) is 0 Å². The second-order valence-corrected chi connectivity index (χ2v) is 4.95. The lowest BCUT2D eigenvalue weighted by molar-refractivity contribution is 0.202. The number of hydrazine groups is 1. The van der Waals surface area contributed by atoms with Crippen LogP contribution in [0.5, 0.6) is 5.75 Å². The Kier molecular flexibility index (Phi) is 3.70. The molecule has 0 aromatic heterocycles. The first kappa shape index (κ1) is 14.0. The predicted octanol–water partition coefficient (Wildman–Crippen LogP) is 3.11. The molecule has 0 atom stereocenters. The van der Waals surface area contributed by atoms with E-state index in [1.807, 2.05) is 54.6 Å². The Morgan fingerprint density at radius 3 is 2.41 bits per heavy atom. The number of benzene rings is 2. The van der Waals surface area contributed by atoms with Crippen LogP contribution >= 0.6 is 0 Å². The number of hydrogen-bond donors (Lipinski definition) is 1. The summed E-state index contributed by atoms with van der Waals surface area (Å²) < 4.78 is 5.13. The smallest absolute Gasteiger partial charge is 0.349 e. The number of ether oxygens (including phenoxy) is 1. The van der Waals surface area contributed by atoms with E-state index in [0.29, 0.717) is 12.4 Å². The second kappa shape index (κ2) is 5.81. The fourth-order valence-corrected chi connectivity index (χ4v) is 2.36. The van der Waals surface area contributed by atoms with Crippen molar-refractivity contribution in [2.45, 2.75) is 6.54 Å². The Morgan fingerprint density at radius 2 is 1.77 bits per heavy atom. The van der Waals surface area contributed by atoms with Crippen LogP contribution in [0.15, 0.2) is 67.0 Å². The monoisotopic (exact) mass is 295 g/mol. The fourth-order valence-electron chi connectivity index (χ4n) is 2.36. The van der Waals surface area contributed by atoms with Crippen molar-refractivity contribution in [3.8, 4) is 5.75 Å². The zero-order valence-corrected chi connectivity index (χ0v) is 12.3. The number of hydrogen-bond acceptors (Lipinski definition) is 3. The summed E-state index contributed by atoms with van der Waals surface area (Å²) in [5, 5.41) is 1.54. The third-order valence-electron chi connectivity index (χ3n) is 3.47. The van der Waals surface area contributed by atoms with Crippen molar-refractivity contribution in [3.63, 3.8) is 0 Å². The van der Waals surface area contributed by atoms with Crippen molar-refractivity contribution in [1.29, 1.82) is 0 Å². The molecular weight excluding hydrogens is 278 g/mol. The SMILES string of the molecule is C=C1NN(Cc2ccccc2)C(=O)N1c1ccc(OC)cc1. The van der Waals surface area contributed by atoms with Crippen LogP contribution in [0.3, 0.4) is 0 Å². The summed E-state index contributed by atoms with van der Waals surface area (Å²) in [4.78, 5) is 14.1. The molecule has 0 aliphatic carbocycles. The molecule has 1 saturated heterocycles. The van der Waals surface area contributed by atoms with Gasteiger partial charge in [-0.2, -0.15) is 0 Å². The molecule has 1 aliphatic rings. The van der Waals surface area contributed by atoms with Crippen LogP contribution in [-0.4, -0.2) is 18.1 Å². The van der Waals surface area contributed by atoms with Crippen molar-refractivity contribution < 1.29 is 9.53 Å². The number of nitrogens with zero attached hydrogens (tertiary/aromatic N) is 2. The normalized spacial score (nSPS) is 14.2. The van der Waals surface area contributed by atoms with E-state index in [4.69, 9.17) is 4.74 Å². The molecule has 22 heavy (non-hydrogen) atoms. The van der Waals surface area contributed by atoms with Gasteiger partial charge in [0.2, 0.25) is 0 Å². The number of anilines is 1. The molecule has 2 amide bonds. The number of carbonyl (C=O) groups excluding carboxylic acids is 1. The molecule has 0 saturated carbocycles. The molecule has 0 unspecified atom stereocenters. The average Bonchev–Trinajstić information content (AvgIpc) is 2.82. The molecule has 5 nitrogen and oxygen atoms in total. The molecule has 0 radical (unpaired) electrons. The topological polar surface area (TPSA) is 44.8 Å². The predicted molar refractivity (Wildman–Crippen MR) is 85.1 cm³/mol. The van der Waals surface area contributed by atoms with E-state index in [9.17, 15) is 4.79 Å². The second-order valence-electron chi connectivity index (χ2n) is 4.95. The zero-order valence-electron chi connectivity index (χ0n) is 12.3. The van der Waals surface area contributed by atoms with Gasteiger partial charge in [0.05, 0.1) is 19.3 Å². The van der Waals surface area contributed by atoms with Gasteiger partial charge in [-0.15, -0.1) is 0 Å². The van der Waals surface area contributed by atoms with E-state index in [1.54, 1.807) is 17.0 Å². The quantitative estimate of drug-likeness (QED) is 0.942. The van der Waals surface area contributed by atoms with Crippen molar-refractivity contribution in [3.05, 3.63) is 72.6 Å². The summed E-state index contributed by atoms with van der Waals surface area (Å²) >= 11 is 0. The lowest BCUT2D eigenvalue weighted by atomic mass is 10.2. The molecule has 1 aliphatic heterocycles. The summed E-state index contributed by atoms with van der Waals surface area (Å²) in [5.74, 6) is 1.28. The first-order chi connectivity index (χ1) is 10.7. The van der Waals surface area contributed by atoms with Gasteiger partial charge in [-0.3, -0.25) is 5.43 Å². The van der Waals surface area contributed by atoms with Crippen LogP contribution in [0.4, 0.5) is 10.5 Å². The maximum atomic E-state index is 12.6. The van der Waals surface area contributed by atoms with E-state index in [0.717, 1.165) is 17.0 Å². The Balaban J connectivity index is 1.79. The minimum atomic E-state index is -0.154. The van der Waals surface area contributed by atoms with Gasteiger partial charge in [0.25, 0.3) is 0 Å². The van der Waals surface area contributed by atoms with Crippen molar-refractivity contribution >= 4 is 11.7 Å². The number of nitrogens with one attached hydrogen (secondary N) is 1. The highest BCUT2D eigenvalue weighted by atomic mass is 16.5. The van der Waals surface area contributed by atoms with Gasteiger partial charge < -0.3 is 4.74 Å². The Morgan fingerprint density at radius 1 is 1.09 bits per heavy atom. The minimum Gasteiger partial charge on any atom is -0.497 e. The summed E-state index contributed by atoms with van der Waals surface area (Å²) in [6.07, 6.45) is 0. The average molecular weight is 295 g/mol. The summed E-state index contributed by atoms with van der Waals surface area (Å²) in [5.41, 5.74) is 4.81. The lowest BCUT2D eigenvalue weighted by Gasteiger charge is -2.16. The van der Waals surface area contributed by atoms with Gasteiger partial charge in [0, 0.05) is 0 Å². The molecular formula is C17H17N3O2. The van der Waals surface area contributed by atoms with Crippen molar-refractivity contribution in [2.75, 3.05) is 12.0 Å². The molecule has 112 valence electrons. The summed E-state index contributed by atoms with van der Waals surface area (Å²) in [6, 6.07) is 16.9. The molecule has 0 spiro atoms. The zero-order chi connectivity index (χ0) is 15.5. The summed E-state index contributed by atoms with van der Waals surface area (Å²) in [6.45, 7) is 4.40. The van der Waals surface area contributed by atoms with Crippen LogP contribution < -0.4 is 15.1 Å². The van der Waals surface area contributed by atoms with Crippen LogP contribution in [0.2, 0.25) is 0 Å². The summed E-state index contributed by atoms with van der Waals surface area (Å²) in [7, 11) is 1.61. The largest absolute Gasteiger partial charge is 0.497 e. The Labute approximate surface area is 129 Å². The third kappa shape index (κ3) is 2.61. The molecule has 2 aromatic carbocycles. The number of urea groups is 1. The molecule has 1 heterocycles. The first-order valence-electron chi connectivity index (χ1n) is 6.94. The molecule has 5 heteroatoms. The van der Waals surface area contributed by atoms with E-state index < -0.39 is 0 Å². The minimum absolute atomic E-state index is 0.154. The van der Waals surface area contributed by atoms with E-state index >= 15 is 0 Å². The van der Waals surface area contributed by atoms with Crippen LogP contribution in [-0.2, 0) is 6.54 Å². The standard InChI is InChI=1S/C17H17N3O2/c1-13-18-19(12-14-6-4-3-5-7-14)17(21)20(13)15-8-10-16(22-2)11-9-15/h3-11,18H,1,12H2,2H3. The molecule has 0 bridgehead atoms. The van der Waals surface area contributed by atoms with Gasteiger partial charge >= 0.3 is 6.03 Å². The maximum Gasteiger partial charge on any atom is 0.349 e. The lowest BCUT2D eigenvalue weighted by Crippen LogP contribution is -2.34. The Hall–Kier alpha value is -2.95. The molecule has 1 fully saturated rings. The molecule has 3 rings (SSSR count). The van der Waals surface area contributed by atoms with Gasteiger partial charge in [-0.05, 0) is 29.8 Å². The van der Waals surface area contributed by atoms with Gasteiger partial charge in [-0.1, -0.05) is 36.9 Å². The third-order valence-corrected chi connectivity index (χ3v) is 3.47. The van der Waals surface area contributed by atoms with E-state index in [-0.39, 0.29) is 6.03 Å². The number of rotatable bonds is 4. The van der Waals surface area contributed by atoms with Crippen LogP contribution in [0.1, 0.15) is 5.56 Å². The molecule has 1 N–H and O–H groups in total. The van der Waals surface area contributed by atoms with Gasteiger partial charge in [-0.25, -0.2) is 14.7 Å². The molecule has 2 aromatic rings. The van der Waals surface area contributed by atoms with Crippen molar-refractivity contribution in [2.24, 2.45) is 0 Å². The maximum absolute atomic E-state index is 12.6. The van der Waals surface area contributed by atoms with Crippen LogP contribution in [0.25, 0.3) is 0 Å². The first-order valence-corrected chi connectivity index (χ1v) is 6.94. The Bertz CT molecular complexity index is 683. The van der Waals surface area contributed by atoms with Gasteiger partial charge in [0.15, 0.2) is 0 Å². The van der Waals surface area contributed by atoms with E-state index in [2.05, 4.69) is 12.0 Å². The fraction of sp³-hybridized carbons (Fsp3) is 0.118. The number of methoxy groups -OCH3 is 1.